The lowest BCUT2D eigenvalue weighted by Crippen LogP contribution is -2.28. The van der Waals surface area contributed by atoms with E-state index in [0.717, 1.165) is 11.3 Å². The highest BCUT2D eigenvalue weighted by molar-refractivity contribution is 5.88. The zero-order chi connectivity index (χ0) is 13.0. The van der Waals surface area contributed by atoms with Gasteiger partial charge in [0.15, 0.2) is 0 Å². The Bertz CT molecular complexity index is 517. The van der Waals surface area contributed by atoms with E-state index in [1.807, 2.05) is 13.8 Å². The number of urea groups is 1. The molecule has 0 aliphatic rings. The maximum Gasteiger partial charge on any atom is 0.319 e. The third-order valence-electron chi connectivity index (χ3n) is 2.53. The van der Waals surface area contributed by atoms with Crippen molar-refractivity contribution in [3.05, 3.63) is 41.5 Å². The van der Waals surface area contributed by atoms with Gasteiger partial charge in [-0.3, -0.25) is 4.98 Å². The van der Waals surface area contributed by atoms with Gasteiger partial charge in [0.2, 0.25) is 0 Å². The smallest absolute Gasteiger partial charge is 0.319 e. The first kappa shape index (κ1) is 12.1. The van der Waals surface area contributed by atoms with E-state index in [4.69, 9.17) is 4.52 Å². The van der Waals surface area contributed by atoms with E-state index in [9.17, 15) is 4.79 Å². The molecule has 0 bridgehead atoms. The first-order valence-corrected chi connectivity index (χ1v) is 5.53. The number of aryl methyl sites for hydroxylation is 2. The lowest BCUT2D eigenvalue weighted by Gasteiger charge is -2.06. The Morgan fingerprint density at radius 2 is 2.28 bits per heavy atom. The highest BCUT2D eigenvalue weighted by Gasteiger charge is 2.10. The Labute approximate surface area is 104 Å². The fourth-order valence-electron chi connectivity index (χ4n) is 1.53. The highest BCUT2D eigenvalue weighted by Crippen LogP contribution is 2.11. The van der Waals surface area contributed by atoms with E-state index in [0.29, 0.717) is 18.0 Å². The summed E-state index contributed by atoms with van der Waals surface area (Å²) >= 11 is 0. The van der Waals surface area contributed by atoms with Crippen molar-refractivity contribution in [3.63, 3.8) is 0 Å². The van der Waals surface area contributed by atoms with Crippen molar-refractivity contribution in [3.8, 4) is 0 Å². The fourth-order valence-corrected chi connectivity index (χ4v) is 1.53. The van der Waals surface area contributed by atoms with Crippen LogP contribution in [0.25, 0.3) is 0 Å². The molecule has 6 nitrogen and oxygen atoms in total. The molecule has 0 atom stereocenters. The summed E-state index contributed by atoms with van der Waals surface area (Å²) in [4.78, 5) is 15.5. The molecule has 2 aromatic rings. The lowest BCUT2D eigenvalue weighted by atomic mass is 10.2. The number of amides is 2. The SMILES string of the molecule is Cc1noc(C)c1CNC(=O)Nc1cccnc1. The van der Waals surface area contributed by atoms with Crippen molar-refractivity contribution in [2.75, 3.05) is 5.32 Å². The molecule has 0 saturated heterocycles. The van der Waals surface area contributed by atoms with Gasteiger partial charge in [0, 0.05) is 18.3 Å². The third-order valence-corrected chi connectivity index (χ3v) is 2.53. The number of carbonyl (C=O) groups excluding carboxylic acids is 1. The van der Waals surface area contributed by atoms with Crippen LogP contribution in [-0.4, -0.2) is 16.2 Å². The molecular formula is C12H14N4O2. The number of nitrogens with one attached hydrogen (secondary N) is 2. The minimum Gasteiger partial charge on any atom is -0.361 e. The summed E-state index contributed by atoms with van der Waals surface area (Å²) in [7, 11) is 0. The fraction of sp³-hybridized carbons (Fsp3) is 0.250. The minimum atomic E-state index is -0.289. The first-order chi connectivity index (χ1) is 8.66. The Hall–Kier alpha value is -2.37. The molecule has 18 heavy (non-hydrogen) atoms. The Morgan fingerprint density at radius 3 is 2.89 bits per heavy atom. The number of aromatic nitrogens is 2. The molecule has 0 spiro atoms. The van der Waals surface area contributed by atoms with Crippen molar-refractivity contribution < 1.29 is 9.32 Å². The van der Waals surface area contributed by atoms with E-state index in [-0.39, 0.29) is 6.03 Å². The molecule has 94 valence electrons. The quantitative estimate of drug-likeness (QED) is 0.868. The summed E-state index contributed by atoms with van der Waals surface area (Å²) in [6.07, 6.45) is 3.22. The predicted octanol–water partition coefficient (Wildman–Crippen LogP) is 2.01. The van der Waals surface area contributed by atoms with Gasteiger partial charge in [0.05, 0.1) is 17.6 Å². The molecule has 0 saturated carbocycles. The first-order valence-electron chi connectivity index (χ1n) is 5.53. The summed E-state index contributed by atoms with van der Waals surface area (Å²) in [5.74, 6) is 0.717. The molecule has 2 aromatic heterocycles. The molecule has 0 aromatic carbocycles. The maximum absolute atomic E-state index is 11.6. The van der Waals surface area contributed by atoms with Crippen molar-refractivity contribution in [2.24, 2.45) is 0 Å². The van der Waals surface area contributed by atoms with E-state index in [1.54, 1.807) is 24.5 Å². The number of hydrogen-bond acceptors (Lipinski definition) is 4. The Kier molecular flexibility index (Phi) is 3.57. The van der Waals surface area contributed by atoms with Crippen LogP contribution in [0, 0.1) is 13.8 Å². The van der Waals surface area contributed by atoms with Gasteiger partial charge >= 0.3 is 6.03 Å². The molecule has 6 heteroatoms. The molecular weight excluding hydrogens is 232 g/mol. The minimum absolute atomic E-state index is 0.289. The van der Waals surface area contributed by atoms with Crippen molar-refractivity contribution in [1.82, 2.24) is 15.5 Å². The standard InChI is InChI=1S/C12H14N4O2/c1-8-11(9(2)18-16-8)7-14-12(17)15-10-4-3-5-13-6-10/h3-6H,7H2,1-2H3,(H2,14,15,17). The second-order valence-corrected chi connectivity index (χ2v) is 3.85. The monoisotopic (exact) mass is 246 g/mol. The third kappa shape index (κ3) is 2.85. The molecule has 2 rings (SSSR count). The number of carbonyl (C=O) groups is 1. The molecule has 0 fully saturated rings. The predicted molar refractivity (Wildman–Crippen MR) is 66.1 cm³/mol. The Morgan fingerprint density at radius 1 is 1.44 bits per heavy atom. The van der Waals surface area contributed by atoms with Crippen LogP contribution in [-0.2, 0) is 6.54 Å². The van der Waals surface area contributed by atoms with Crippen LogP contribution in [0.2, 0.25) is 0 Å². The van der Waals surface area contributed by atoms with Gasteiger partial charge in [0.1, 0.15) is 5.76 Å². The number of pyridine rings is 1. The summed E-state index contributed by atoms with van der Waals surface area (Å²) in [6.45, 7) is 4.04. The van der Waals surface area contributed by atoms with Gasteiger partial charge in [-0.1, -0.05) is 5.16 Å². The number of nitrogens with zero attached hydrogens (tertiary/aromatic N) is 2. The molecule has 0 unspecified atom stereocenters. The topological polar surface area (TPSA) is 80.0 Å². The van der Waals surface area contributed by atoms with Crippen molar-refractivity contribution in [1.29, 1.82) is 0 Å². The van der Waals surface area contributed by atoms with E-state index in [1.165, 1.54) is 0 Å². The maximum atomic E-state index is 11.6. The van der Waals surface area contributed by atoms with E-state index in [2.05, 4.69) is 20.8 Å². The molecule has 2 heterocycles. The molecule has 0 aliphatic carbocycles. The lowest BCUT2D eigenvalue weighted by molar-refractivity contribution is 0.251. The zero-order valence-corrected chi connectivity index (χ0v) is 10.2. The van der Waals surface area contributed by atoms with E-state index < -0.39 is 0 Å². The summed E-state index contributed by atoms with van der Waals surface area (Å²) in [5, 5.41) is 9.24. The average Bonchev–Trinajstić information content (AvgIpc) is 2.68. The summed E-state index contributed by atoms with van der Waals surface area (Å²) in [6, 6.07) is 3.23. The molecule has 0 aliphatic heterocycles. The molecule has 2 N–H and O–H groups in total. The summed E-state index contributed by atoms with van der Waals surface area (Å²) in [5.41, 5.74) is 2.33. The van der Waals surface area contributed by atoms with Gasteiger partial charge < -0.3 is 15.2 Å². The van der Waals surface area contributed by atoms with Crippen LogP contribution >= 0.6 is 0 Å². The second-order valence-electron chi connectivity index (χ2n) is 3.85. The van der Waals surface area contributed by atoms with Gasteiger partial charge in [-0.15, -0.1) is 0 Å². The second kappa shape index (κ2) is 5.31. The molecule has 0 radical (unpaired) electrons. The number of hydrogen-bond donors (Lipinski definition) is 2. The zero-order valence-electron chi connectivity index (χ0n) is 10.2. The van der Waals surface area contributed by atoms with Crippen LogP contribution in [0.5, 0.6) is 0 Å². The van der Waals surface area contributed by atoms with Crippen molar-refractivity contribution >= 4 is 11.7 Å². The Balaban J connectivity index is 1.89. The van der Waals surface area contributed by atoms with Crippen LogP contribution in [0.15, 0.2) is 29.0 Å². The van der Waals surface area contributed by atoms with Crippen LogP contribution in [0.3, 0.4) is 0 Å². The van der Waals surface area contributed by atoms with Gasteiger partial charge in [0.25, 0.3) is 0 Å². The van der Waals surface area contributed by atoms with Gasteiger partial charge in [-0.25, -0.2) is 4.79 Å². The van der Waals surface area contributed by atoms with Crippen LogP contribution in [0.1, 0.15) is 17.0 Å². The largest absolute Gasteiger partial charge is 0.361 e. The van der Waals surface area contributed by atoms with Gasteiger partial charge in [-0.2, -0.15) is 0 Å². The van der Waals surface area contributed by atoms with Crippen molar-refractivity contribution in [2.45, 2.75) is 20.4 Å². The van der Waals surface area contributed by atoms with Crippen LogP contribution in [0.4, 0.5) is 10.5 Å². The number of anilines is 1. The molecule has 2 amide bonds. The summed E-state index contributed by atoms with van der Waals surface area (Å²) < 4.78 is 5.01. The average molecular weight is 246 g/mol. The normalized spacial score (nSPS) is 10.1. The van der Waals surface area contributed by atoms with E-state index >= 15 is 0 Å². The highest BCUT2D eigenvalue weighted by atomic mass is 16.5. The van der Waals surface area contributed by atoms with Gasteiger partial charge in [-0.05, 0) is 26.0 Å². The number of rotatable bonds is 3. The van der Waals surface area contributed by atoms with Crippen LogP contribution < -0.4 is 10.6 Å².